The number of rotatable bonds is 11. The molecule has 1 amide bonds. The lowest BCUT2D eigenvalue weighted by Gasteiger charge is -2.37. The Kier molecular flexibility index (Phi) is 9.29. The lowest BCUT2D eigenvalue weighted by molar-refractivity contribution is -0.121. The fraction of sp³-hybridized carbons (Fsp3) is 0.125. The number of hydrogen-bond acceptors (Lipinski definition) is 5. The lowest BCUT2D eigenvalue weighted by atomic mass is 9.77. The number of aromatic nitrogens is 6. The largest absolute Gasteiger partial charge is 0.351 e. The van der Waals surface area contributed by atoms with Gasteiger partial charge in [0, 0.05) is 29.7 Å². The Morgan fingerprint density at radius 3 is 2.14 bits per heavy atom. The van der Waals surface area contributed by atoms with Crippen molar-refractivity contribution in [2.45, 2.75) is 31.5 Å². The van der Waals surface area contributed by atoms with Gasteiger partial charge in [-0.25, -0.2) is 9.37 Å². The molecule has 7 rings (SSSR count). The van der Waals surface area contributed by atoms with Crippen molar-refractivity contribution in [3.63, 3.8) is 0 Å². The van der Waals surface area contributed by atoms with E-state index in [-0.39, 0.29) is 29.0 Å². The second-order valence-electron chi connectivity index (χ2n) is 12.2. The summed E-state index contributed by atoms with van der Waals surface area (Å²) in [6.07, 6.45) is 5.66. The molecule has 0 aliphatic carbocycles. The molecule has 0 spiro atoms. The number of imidazole rings is 1. The highest BCUT2D eigenvalue weighted by Crippen LogP contribution is 2.41. The van der Waals surface area contributed by atoms with E-state index in [1.54, 1.807) is 23.0 Å². The molecular weight excluding hydrogens is 663 g/mol. The third-order valence-corrected chi connectivity index (χ3v) is 9.05. The van der Waals surface area contributed by atoms with Crippen LogP contribution in [0.1, 0.15) is 34.9 Å². The molecular formula is C40H32ClFN8O. The first-order valence-electron chi connectivity index (χ1n) is 16.3. The Morgan fingerprint density at radius 1 is 0.922 bits per heavy atom. The van der Waals surface area contributed by atoms with E-state index in [1.807, 2.05) is 80.1 Å². The number of carbonyl (C=O) groups is 1. The van der Waals surface area contributed by atoms with Crippen molar-refractivity contribution < 1.29 is 9.18 Å². The Balaban J connectivity index is 1.07. The highest BCUT2D eigenvalue weighted by Gasteiger charge is 2.38. The summed E-state index contributed by atoms with van der Waals surface area (Å²) >= 11 is 6.07. The number of H-pyrrole nitrogens is 1. The van der Waals surface area contributed by atoms with Crippen LogP contribution in [0.4, 0.5) is 4.39 Å². The van der Waals surface area contributed by atoms with Crippen molar-refractivity contribution >= 4 is 17.5 Å². The predicted octanol–water partition coefficient (Wildman–Crippen LogP) is 7.39. The van der Waals surface area contributed by atoms with Gasteiger partial charge in [0.05, 0.1) is 30.0 Å². The molecule has 0 saturated heterocycles. The third-order valence-electron chi connectivity index (χ3n) is 8.75. The highest BCUT2D eigenvalue weighted by atomic mass is 35.5. The maximum absolute atomic E-state index is 14.3. The number of nitrogens with zero attached hydrogens (tertiary/aromatic N) is 6. The van der Waals surface area contributed by atoms with E-state index in [4.69, 9.17) is 21.8 Å². The minimum atomic E-state index is -0.704. The summed E-state index contributed by atoms with van der Waals surface area (Å²) in [5.74, 6) is -0.891. The number of aromatic amines is 1. The molecule has 0 fully saturated rings. The summed E-state index contributed by atoms with van der Waals surface area (Å²) in [5.41, 5.74) is 5.23. The Morgan fingerprint density at radius 2 is 1.55 bits per heavy atom. The summed E-state index contributed by atoms with van der Waals surface area (Å²) in [6.45, 7) is 2.26. The molecule has 3 aromatic heterocycles. The fourth-order valence-electron chi connectivity index (χ4n) is 6.48. The molecule has 0 radical (unpaired) electrons. The van der Waals surface area contributed by atoms with Crippen LogP contribution < -0.4 is 5.32 Å². The molecule has 11 heteroatoms. The molecule has 0 aliphatic heterocycles. The molecule has 0 bridgehead atoms. The fourth-order valence-corrected chi connectivity index (χ4v) is 6.73. The number of nitrogens with one attached hydrogen (secondary N) is 2. The molecule has 2 N–H and O–H groups in total. The lowest BCUT2D eigenvalue weighted by Crippen LogP contribution is -2.36. The van der Waals surface area contributed by atoms with Crippen LogP contribution in [0.25, 0.3) is 22.6 Å². The topological polar surface area (TPSA) is 117 Å². The van der Waals surface area contributed by atoms with Gasteiger partial charge in [-0.3, -0.25) is 14.6 Å². The van der Waals surface area contributed by atoms with Crippen LogP contribution in [0.3, 0.4) is 0 Å². The number of carbonyl (C=O) groups excluding carboxylic acids is 1. The molecule has 0 unspecified atom stereocenters. The average molecular weight is 695 g/mol. The van der Waals surface area contributed by atoms with E-state index < -0.39 is 11.4 Å². The zero-order chi connectivity index (χ0) is 35.4. The first-order valence-corrected chi connectivity index (χ1v) is 16.7. The monoisotopic (exact) mass is 694 g/mol. The van der Waals surface area contributed by atoms with Gasteiger partial charge in [-0.2, -0.15) is 15.5 Å². The molecule has 1 atom stereocenters. The summed E-state index contributed by atoms with van der Waals surface area (Å²) in [5, 5.41) is 24.1. The first kappa shape index (κ1) is 33.2. The molecule has 0 saturated carbocycles. The van der Waals surface area contributed by atoms with Crippen molar-refractivity contribution in [1.29, 1.82) is 5.26 Å². The summed E-state index contributed by atoms with van der Waals surface area (Å²) in [6, 6.07) is 38.9. The molecule has 51 heavy (non-hydrogen) atoms. The van der Waals surface area contributed by atoms with Crippen molar-refractivity contribution in [1.82, 2.24) is 34.8 Å². The minimum absolute atomic E-state index is 0.0256. The maximum Gasteiger partial charge on any atom is 0.226 e. The number of amides is 1. The van der Waals surface area contributed by atoms with Crippen molar-refractivity contribution in [2.24, 2.45) is 0 Å². The van der Waals surface area contributed by atoms with Crippen LogP contribution in [-0.2, 0) is 23.3 Å². The van der Waals surface area contributed by atoms with E-state index in [0.29, 0.717) is 34.9 Å². The quantitative estimate of drug-likeness (QED) is 0.137. The third kappa shape index (κ3) is 6.67. The smallest absolute Gasteiger partial charge is 0.226 e. The van der Waals surface area contributed by atoms with Gasteiger partial charge in [0.15, 0.2) is 0 Å². The summed E-state index contributed by atoms with van der Waals surface area (Å²) in [7, 11) is 0. The molecule has 0 aliphatic rings. The number of nitriles is 1. The second kappa shape index (κ2) is 14.3. The Bertz CT molecular complexity index is 2210. The van der Waals surface area contributed by atoms with Gasteiger partial charge in [0.1, 0.15) is 34.4 Å². The number of halogens is 2. The standard InChI is InChI=1S/C40H32ClFN8O/c1-27(24-50-18-17-36(48-50)28-19-34(41)33(23-43)35(42)20-28)45-39(51)22-32-21-37(47-46-32)38-25-49(26-44-38)40(29-11-5-2-6-12-29,30-13-7-3-8-14-30)31-15-9-4-10-16-31/h2-21,25-27H,22,24H2,1H3,(H,45,51)(H,46,47)/t27-/m0/s1. The molecule has 4 aromatic carbocycles. The van der Waals surface area contributed by atoms with Crippen molar-refractivity contribution in [2.75, 3.05) is 0 Å². The second-order valence-corrected chi connectivity index (χ2v) is 12.7. The minimum Gasteiger partial charge on any atom is -0.351 e. The van der Waals surface area contributed by atoms with Gasteiger partial charge in [-0.1, -0.05) is 103 Å². The van der Waals surface area contributed by atoms with Gasteiger partial charge in [0.2, 0.25) is 5.91 Å². The summed E-state index contributed by atoms with van der Waals surface area (Å²) in [4.78, 5) is 17.8. The summed E-state index contributed by atoms with van der Waals surface area (Å²) < 4.78 is 18.1. The first-order chi connectivity index (χ1) is 24.8. The van der Waals surface area contributed by atoms with Gasteiger partial charge in [-0.15, -0.1) is 0 Å². The zero-order valence-corrected chi connectivity index (χ0v) is 28.3. The van der Waals surface area contributed by atoms with Crippen molar-refractivity contribution in [3.8, 4) is 28.7 Å². The average Bonchev–Trinajstić information content (AvgIpc) is 3.92. The van der Waals surface area contributed by atoms with Gasteiger partial charge in [0.25, 0.3) is 0 Å². The van der Waals surface area contributed by atoms with E-state index in [0.717, 1.165) is 16.7 Å². The maximum atomic E-state index is 14.3. The van der Waals surface area contributed by atoms with E-state index >= 15 is 0 Å². The van der Waals surface area contributed by atoms with E-state index in [1.165, 1.54) is 12.1 Å². The number of hydrogen-bond donors (Lipinski definition) is 2. The van der Waals surface area contributed by atoms with Crippen LogP contribution in [0.15, 0.2) is 134 Å². The van der Waals surface area contributed by atoms with E-state index in [9.17, 15) is 9.18 Å². The van der Waals surface area contributed by atoms with Gasteiger partial charge < -0.3 is 9.88 Å². The van der Waals surface area contributed by atoms with Crippen LogP contribution in [0.5, 0.6) is 0 Å². The Hall–Kier alpha value is -6.31. The molecule has 3 heterocycles. The normalized spacial score (nSPS) is 12.0. The SMILES string of the molecule is C[C@@H](Cn1ccc(-c2cc(F)c(C#N)c(Cl)c2)n1)NC(=O)Cc1cc(-c2cn(C(c3ccccc3)(c3ccccc3)c3ccccc3)cn2)n[nH]1. The van der Waals surface area contributed by atoms with Crippen LogP contribution in [0, 0.1) is 17.1 Å². The Labute approximate surface area is 299 Å². The van der Waals surface area contributed by atoms with Crippen LogP contribution in [0.2, 0.25) is 5.02 Å². The van der Waals surface area contributed by atoms with Gasteiger partial charge >= 0.3 is 0 Å². The van der Waals surface area contributed by atoms with E-state index in [2.05, 4.69) is 61.6 Å². The molecule has 9 nitrogen and oxygen atoms in total. The van der Waals surface area contributed by atoms with Crippen LogP contribution >= 0.6 is 11.6 Å². The van der Waals surface area contributed by atoms with Crippen molar-refractivity contribution in [3.05, 3.63) is 173 Å². The van der Waals surface area contributed by atoms with Gasteiger partial charge in [-0.05, 0) is 47.9 Å². The predicted molar refractivity (Wildman–Crippen MR) is 193 cm³/mol. The van der Waals surface area contributed by atoms with Crippen LogP contribution in [-0.4, -0.2) is 41.5 Å². The highest BCUT2D eigenvalue weighted by molar-refractivity contribution is 6.32. The molecule has 252 valence electrons. The number of benzene rings is 4. The molecule has 7 aromatic rings. The zero-order valence-electron chi connectivity index (χ0n) is 27.5.